The third-order valence-corrected chi connectivity index (χ3v) is 23.9. The van der Waals surface area contributed by atoms with Crippen LogP contribution in [0.2, 0.25) is 15.1 Å². The van der Waals surface area contributed by atoms with E-state index >= 15 is 19.2 Å². The summed E-state index contributed by atoms with van der Waals surface area (Å²) in [5, 5.41) is 152. The van der Waals surface area contributed by atoms with Gasteiger partial charge in [0.25, 0.3) is 0 Å². The van der Waals surface area contributed by atoms with Crippen molar-refractivity contribution in [3.8, 4) is 68.2 Å². The maximum absolute atomic E-state index is 16.6. The number of carbonyl (C=O) groups is 7. The summed E-state index contributed by atoms with van der Waals surface area (Å²) in [4.78, 5) is 105. The van der Waals surface area contributed by atoms with E-state index in [0.717, 1.165) is 65.2 Å². The zero-order valence-corrected chi connectivity index (χ0v) is 70.7. The van der Waals surface area contributed by atoms with E-state index in [1.54, 1.807) is 26.0 Å². The van der Waals surface area contributed by atoms with E-state index in [4.69, 9.17) is 84.2 Å². The number of fused-ring (bicyclic) bond motifs is 15. The number of carboxylic acids is 1. The second-order valence-corrected chi connectivity index (χ2v) is 34.1. The van der Waals surface area contributed by atoms with Gasteiger partial charge in [-0.05, 0) is 158 Å². The number of amides is 6. The van der Waals surface area contributed by atoms with Crippen molar-refractivity contribution in [2.24, 2.45) is 17.4 Å². The number of carbonyl (C=O) groups excluding carboxylic acids is 6. The molecule has 39 heteroatoms. The molecule has 6 amide bonds. The number of aromatic hydroxyl groups is 3. The first-order valence-electron chi connectivity index (χ1n) is 40.2. The number of phenolic OH excluding ortho intramolecular Hbond substituents is 3. The van der Waals surface area contributed by atoms with Crippen LogP contribution in [0.5, 0.6) is 46.0 Å². The minimum Gasteiger partial charge on any atom is -0.508 e. The number of ether oxygens (including phenoxy) is 8. The first-order valence-corrected chi connectivity index (χ1v) is 41.3. The molecule has 0 saturated carbocycles. The molecule has 125 heavy (non-hydrogen) atoms. The number of nitrogens with one attached hydrogen (secondary N) is 8. The van der Waals surface area contributed by atoms with Gasteiger partial charge in [-0.15, -0.1) is 0 Å². The van der Waals surface area contributed by atoms with E-state index in [1.165, 1.54) is 51.2 Å². The molecule has 0 aromatic heterocycles. The van der Waals surface area contributed by atoms with Gasteiger partial charge < -0.3 is 143 Å². The third kappa shape index (κ3) is 20.3. The van der Waals surface area contributed by atoms with Crippen molar-refractivity contribution >= 4 is 76.2 Å². The van der Waals surface area contributed by atoms with Crippen LogP contribution in [-0.2, 0) is 63.8 Å². The number of benzene rings is 7. The maximum Gasteiger partial charge on any atom is 0.325 e. The van der Waals surface area contributed by atoms with Crippen molar-refractivity contribution in [2.45, 2.75) is 213 Å². The quantitative estimate of drug-likeness (QED) is 0.0537. The molecule has 11 bridgehead atoms. The Morgan fingerprint density at radius 1 is 0.648 bits per heavy atom. The highest BCUT2D eigenvalue weighted by atomic mass is 35.5. The molecule has 7 aromatic carbocycles. The Balaban J connectivity index is 1.02. The number of phenols is 3. The summed E-state index contributed by atoms with van der Waals surface area (Å²) >= 11 is 20.9. The van der Waals surface area contributed by atoms with Crippen molar-refractivity contribution in [2.75, 3.05) is 13.7 Å². The number of aliphatic hydroxyl groups is 7. The minimum atomic E-state index is -2.42. The number of aliphatic carboxylic acids is 1. The number of hydrogen-bond donors (Lipinski definition) is 21. The molecule has 23 N–H and O–H groups in total. The summed E-state index contributed by atoms with van der Waals surface area (Å²) in [7, 11) is 1.48. The van der Waals surface area contributed by atoms with Gasteiger partial charge in [-0.25, -0.2) is 0 Å². The zero-order valence-electron chi connectivity index (χ0n) is 68.4. The molecule has 3 fully saturated rings. The van der Waals surface area contributed by atoms with E-state index < -0.39 is 256 Å². The van der Waals surface area contributed by atoms with Crippen LogP contribution >= 0.6 is 34.8 Å². The minimum absolute atomic E-state index is 0.100. The average Bonchev–Trinajstić information content (AvgIpc) is 0.762. The van der Waals surface area contributed by atoms with Gasteiger partial charge in [0.05, 0.1) is 59.6 Å². The van der Waals surface area contributed by atoms with Gasteiger partial charge in [-0.2, -0.15) is 0 Å². The lowest BCUT2D eigenvalue weighted by atomic mass is 9.84. The van der Waals surface area contributed by atoms with Gasteiger partial charge in [0.2, 0.25) is 47.5 Å². The van der Waals surface area contributed by atoms with Gasteiger partial charge in [-0.1, -0.05) is 103 Å². The fourth-order valence-electron chi connectivity index (χ4n) is 16.3. The smallest absolute Gasteiger partial charge is 0.325 e. The van der Waals surface area contributed by atoms with Gasteiger partial charge in [-0.3, -0.25) is 38.9 Å². The Morgan fingerprint density at radius 2 is 1.24 bits per heavy atom. The molecule has 36 nitrogen and oxygen atoms in total. The molecule has 0 aliphatic carbocycles. The Morgan fingerprint density at radius 3 is 1.85 bits per heavy atom. The molecule has 0 radical (unpaired) electrons. The Labute approximate surface area is 731 Å². The normalized spacial score (nSPS) is 30.4. The van der Waals surface area contributed by atoms with Crippen LogP contribution in [0, 0.1) is 5.92 Å². The van der Waals surface area contributed by atoms with Gasteiger partial charge in [0, 0.05) is 52.7 Å². The molecule has 0 spiro atoms. The van der Waals surface area contributed by atoms with Crippen LogP contribution in [0.1, 0.15) is 131 Å². The van der Waals surface area contributed by atoms with E-state index in [9.17, 15) is 70.6 Å². The Bertz CT molecular complexity index is 5200. The highest BCUT2D eigenvalue weighted by Gasteiger charge is 2.53. The first-order chi connectivity index (χ1) is 59.2. The lowest BCUT2D eigenvalue weighted by Crippen LogP contribution is -2.65. The molecule has 15 rings (SSSR count). The Kier molecular flexibility index (Phi) is 28.3. The molecule has 8 aliphatic rings. The monoisotopic (exact) mass is 1790 g/mol. The van der Waals surface area contributed by atoms with E-state index in [-0.39, 0.29) is 64.9 Å². The molecular weight excluding hydrogens is 1700 g/mol. The highest BCUT2D eigenvalue weighted by Crippen LogP contribution is 2.51. The van der Waals surface area contributed by atoms with Crippen LogP contribution in [0.25, 0.3) is 22.3 Å². The average molecular weight is 1800 g/mol. The number of halogens is 3. The highest BCUT2D eigenvalue weighted by molar-refractivity contribution is 6.32. The van der Waals surface area contributed by atoms with Crippen LogP contribution in [0.15, 0.2) is 127 Å². The fraction of sp³-hybridized carbons (Fsp3) is 0.430. The lowest BCUT2D eigenvalue weighted by molar-refractivity contribution is -0.334. The second kappa shape index (κ2) is 38.2. The van der Waals surface area contributed by atoms with Gasteiger partial charge in [0.1, 0.15) is 95.7 Å². The molecule has 8 heterocycles. The number of likely N-dealkylation sites (N-methyl/N-ethyl adjacent to an activating group) is 1. The molecule has 7 aromatic rings. The third-order valence-electron chi connectivity index (χ3n) is 23.1. The number of nitrogens with two attached hydrogens (primary N) is 2. The predicted octanol–water partition coefficient (Wildman–Crippen LogP) is 4.29. The largest absolute Gasteiger partial charge is 0.508 e. The molecule has 10 unspecified atom stereocenters. The molecule has 8 aliphatic heterocycles. The Hall–Kier alpha value is -10.1. The van der Waals surface area contributed by atoms with Crippen molar-refractivity contribution < 1.29 is 128 Å². The number of carboxylic acid groups (broad SMARTS) is 1. The van der Waals surface area contributed by atoms with Crippen molar-refractivity contribution in [1.82, 2.24) is 42.5 Å². The summed E-state index contributed by atoms with van der Waals surface area (Å²) in [5.74, 6) is -14.4. The maximum atomic E-state index is 16.6. The van der Waals surface area contributed by atoms with Gasteiger partial charge >= 0.3 is 5.97 Å². The van der Waals surface area contributed by atoms with Crippen LogP contribution < -0.4 is 68.2 Å². The van der Waals surface area contributed by atoms with Crippen molar-refractivity contribution in [1.29, 1.82) is 0 Å². The molecular formula is C86H99Cl3N10O26. The summed E-state index contributed by atoms with van der Waals surface area (Å²) in [6.45, 7) is 9.12. The first kappa shape index (κ1) is 92.5. The van der Waals surface area contributed by atoms with Crippen molar-refractivity contribution in [3.63, 3.8) is 0 Å². The number of rotatable bonds is 19. The summed E-state index contributed by atoms with van der Waals surface area (Å²) < 4.78 is 53.0. The zero-order chi connectivity index (χ0) is 90.3. The SMILES string of the molecule is CNC(CC(C)C)C(=O)N[C@H]1C(=O)N[C@@H](CC(N)=O)C(=O)N[C@H]2C(=O)N[C@H]3C(=O)NC(C(O)NC(C(=O)O)c4cc(O)cc(O)c4-c4cc3ccc4O)C(O[C@H]3CC(C)(N)C(O)C(C)O3)c3ccc(c(Cl)c3)Oc3cc2cc(c3O[C@@H]2O[C@H](CO)[C@@H](O)[C@H](O)C2O[C@H]2C[C@](C)(NCc3ccc(-c4ccc(Cl)cc4)cc3)[C@@H](O)[C@H](C)O2)Oc2ccc(cc2Cl)C1O. The van der Waals surface area contributed by atoms with Gasteiger partial charge in [0.15, 0.2) is 30.2 Å². The van der Waals surface area contributed by atoms with Crippen LogP contribution in [-0.4, -0.2) is 220 Å². The number of primary amides is 1. The predicted molar refractivity (Wildman–Crippen MR) is 446 cm³/mol. The lowest BCUT2D eigenvalue weighted by Gasteiger charge is -2.48. The van der Waals surface area contributed by atoms with E-state index in [0.29, 0.717) is 5.02 Å². The number of hydrogen-bond acceptors (Lipinski definition) is 29. The van der Waals surface area contributed by atoms with Crippen LogP contribution in [0.3, 0.4) is 0 Å². The summed E-state index contributed by atoms with van der Waals surface area (Å²) in [6.07, 6.45) is -25.1. The molecule has 23 atom stereocenters. The topological polar surface area (TPSA) is 564 Å². The fourth-order valence-corrected chi connectivity index (χ4v) is 16.9. The molecule has 3 saturated heterocycles. The summed E-state index contributed by atoms with van der Waals surface area (Å²) in [5.41, 5.74) is 9.90. The summed E-state index contributed by atoms with van der Waals surface area (Å²) in [6, 6.07) is 15.2. The molecule has 670 valence electrons. The second-order valence-electron chi connectivity index (χ2n) is 32.9. The number of aliphatic hydroxyl groups excluding tert-OH is 7. The van der Waals surface area contributed by atoms with Crippen molar-refractivity contribution in [3.05, 3.63) is 176 Å². The van der Waals surface area contributed by atoms with E-state index in [2.05, 4.69) is 42.5 Å². The standard InChI is InChI=1S/C86H99Cl3N10O26/c1-35(2)22-51(92-7)77(110)98-67-69(105)42-15-20-55(49(88)24-42)120-57-26-44-27-58(73(57)125-84-74(71(107)70(106)59(34-100)122-84)124-62-32-86(6,76(109)37(4)119-62)93-33-38-8-10-39(11-9-38)40-12-17-45(87)18-13-40)121-56-21-16-43(25-50(56)89)72(123-61-31-85(5,91)75(108)36(3)118-61)68-82(115)97-66(83(116)117)48-28-46(101)29-54(103)63(48)47-23-41(14-19-53(47)102)64(79(112)99-68)96-80(113)65(44)95-78(111)52(30-60(90)104)94-81(67)114/h8-21,23-29,35-37,51-52,59,61-62,64-72,74-76,82,84,92-93,97,100-103,105-109,115H,22,30-34,91H2,1-7H3,(H2,90,104)(H,94,114)(H,95,111)(H,96,113)(H,98,110)(H,99,112)(H,116,117)/t36?,37-,51?,52-,59+,61-,62-,64+,65+,66?,67+,68?,69?,70+,71-,72?,74?,75?,76-,82?,84-,85?,86-/m0/s1. The van der Waals surface area contributed by atoms with Crippen LogP contribution in [0.4, 0.5) is 0 Å². The van der Waals surface area contributed by atoms with E-state index in [1.807, 2.05) is 50.2 Å².